The van der Waals surface area contributed by atoms with Gasteiger partial charge in [-0.25, -0.2) is 33.7 Å². The van der Waals surface area contributed by atoms with Crippen LogP contribution in [0.15, 0.2) is 68.1 Å². The van der Waals surface area contributed by atoms with Crippen molar-refractivity contribution in [3.63, 3.8) is 0 Å². The summed E-state index contributed by atoms with van der Waals surface area (Å²) in [6.45, 7) is 0. The zero-order valence-corrected chi connectivity index (χ0v) is 24.7. The van der Waals surface area contributed by atoms with Crippen LogP contribution in [0.3, 0.4) is 0 Å². The van der Waals surface area contributed by atoms with Crippen LogP contribution in [0.4, 0.5) is 0 Å². The van der Waals surface area contributed by atoms with Crippen LogP contribution in [0.1, 0.15) is 0 Å². The van der Waals surface area contributed by atoms with Crippen molar-refractivity contribution in [2.75, 3.05) is 0 Å². The number of hydrogen-bond acceptors (Lipinski definition) is 16. The van der Waals surface area contributed by atoms with Crippen LogP contribution in [0.2, 0.25) is 0 Å². The van der Waals surface area contributed by atoms with Crippen molar-refractivity contribution in [2.45, 2.75) is 19.6 Å². The van der Waals surface area contributed by atoms with E-state index in [1.54, 1.807) is 0 Å². The van der Waals surface area contributed by atoms with E-state index in [-0.39, 0.29) is 55.7 Å². The minimum Gasteiger partial charge on any atom is -0.744 e. The number of phenols is 4. The summed E-state index contributed by atoms with van der Waals surface area (Å²) in [6.07, 6.45) is 0. The molecule has 0 saturated heterocycles. The predicted molar refractivity (Wildman–Crippen MR) is 126 cm³/mol. The van der Waals surface area contributed by atoms with Gasteiger partial charge in [-0.1, -0.05) is 0 Å². The summed E-state index contributed by atoms with van der Waals surface area (Å²) in [4.78, 5) is -3.27. The van der Waals surface area contributed by atoms with E-state index >= 15 is 0 Å². The van der Waals surface area contributed by atoms with E-state index in [1.807, 2.05) is 0 Å². The first-order valence-corrected chi connectivity index (χ1v) is 15.5. The van der Waals surface area contributed by atoms with Crippen LogP contribution in [-0.4, -0.2) is 72.3 Å². The Balaban J connectivity index is 0.000000401. The van der Waals surface area contributed by atoms with Crippen molar-refractivity contribution in [3.05, 3.63) is 48.5 Å². The van der Waals surface area contributed by atoms with Gasteiger partial charge in [0.25, 0.3) is 0 Å². The molecule has 4 aromatic rings. The molecule has 42 heavy (non-hydrogen) atoms. The Kier molecular flexibility index (Phi) is 11.1. The molecule has 0 bridgehead atoms. The molecule has 0 aliphatic heterocycles. The number of benzene rings is 4. The van der Waals surface area contributed by atoms with E-state index in [9.17, 15) is 72.3 Å². The Morgan fingerprint density at radius 3 is 0.690 bits per heavy atom. The van der Waals surface area contributed by atoms with E-state index in [0.717, 1.165) is 24.3 Å². The average Bonchev–Trinajstić information content (AvgIpc) is 2.76. The maximum absolute atomic E-state index is 10.9. The summed E-state index contributed by atoms with van der Waals surface area (Å²) < 4.78 is 131. The molecule has 4 aromatic carbocycles. The Hall–Kier alpha value is -2.72. The monoisotopic (exact) mass is 762 g/mol. The van der Waals surface area contributed by atoms with E-state index < -0.39 is 83.1 Å². The van der Waals surface area contributed by atoms with Gasteiger partial charge in [-0.15, -0.1) is 0 Å². The van der Waals surface area contributed by atoms with Gasteiger partial charge < -0.3 is 38.6 Å². The number of phenolic OH excluding ortho intramolecular Hbond substituents is 4. The summed E-state index contributed by atoms with van der Waals surface area (Å²) in [5.41, 5.74) is 0. The molecular formula is C20H12Cu2O16S4. The molecule has 16 nitrogen and oxygen atoms in total. The number of fused-ring (bicyclic) bond motifs is 2. The quantitative estimate of drug-likeness (QED) is 0.158. The molecule has 234 valence electrons. The third-order valence-electron chi connectivity index (χ3n) is 5.06. The average molecular weight is 764 g/mol. The van der Waals surface area contributed by atoms with E-state index in [4.69, 9.17) is 0 Å². The van der Waals surface area contributed by atoms with Crippen molar-refractivity contribution in [2.24, 2.45) is 0 Å². The molecule has 0 spiro atoms. The smallest absolute Gasteiger partial charge is 0.744 e. The molecule has 0 saturated carbocycles. The summed E-state index contributed by atoms with van der Waals surface area (Å²) in [7, 11) is -19.6. The normalized spacial score (nSPS) is 12.1. The SMILES string of the molecule is O=S(=O)([O-])c1cc(O)c2c(O)cc(S(=O)(=O)[O-])cc2c1.O=S(=O)([O-])c1cc(O)c2c(O)cc(S(=O)(=O)[O-])cc2c1.[Cu+2].[Cu+2]. The fourth-order valence-electron chi connectivity index (χ4n) is 3.41. The summed E-state index contributed by atoms with van der Waals surface area (Å²) in [5.74, 6) is -2.93. The Morgan fingerprint density at radius 2 is 0.548 bits per heavy atom. The molecule has 0 atom stereocenters. The van der Waals surface area contributed by atoms with Gasteiger partial charge in [-0.2, -0.15) is 0 Å². The van der Waals surface area contributed by atoms with Gasteiger partial charge in [-0.05, 0) is 59.3 Å². The van der Waals surface area contributed by atoms with Crippen molar-refractivity contribution in [1.82, 2.24) is 0 Å². The maximum Gasteiger partial charge on any atom is 2.00 e. The van der Waals surface area contributed by atoms with Gasteiger partial charge in [0.15, 0.2) is 0 Å². The van der Waals surface area contributed by atoms with Crippen LogP contribution in [0, 0.1) is 0 Å². The Morgan fingerprint density at radius 1 is 0.381 bits per heavy atom. The maximum atomic E-state index is 10.9. The van der Waals surface area contributed by atoms with E-state index in [1.165, 1.54) is 0 Å². The van der Waals surface area contributed by atoms with Crippen molar-refractivity contribution in [3.8, 4) is 23.0 Å². The second-order valence-corrected chi connectivity index (χ2v) is 13.3. The number of rotatable bonds is 4. The van der Waals surface area contributed by atoms with Crippen LogP contribution < -0.4 is 0 Å². The van der Waals surface area contributed by atoms with Crippen molar-refractivity contribution in [1.29, 1.82) is 0 Å². The fraction of sp³-hybridized carbons (Fsp3) is 0. The largest absolute Gasteiger partial charge is 2.00 e. The molecule has 0 fully saturated rings. The first-order valence-electron chi connectivity index (χ1n) is 9.83. The first-order chi connectivity index (χ1) is 18.0. The Bertz CT molecular complexity index is 1850. The second-order valence-electron chi connectivity index (χ2n) is 7.78. The van der Waals surface area contributed by atoms with Gasteiger partial charge >= 0.3 is 34.1 Å². The zero-order chi connectivity index (χ0) is 30.6. The number of aromatic hydroxyl groups is 4. The first kappa shape index (κ1) is 37.3. The fourth-order valence-corrected chi connectivity index (χ4v) is 5.52. The molecule has 2 radical (unpaired) electrons. The minimum absolute atomic E-state index is 0. The van der Waals surface area contributed by atoms with Gasteiger partial charge in [0, 0.05) is 0 Å². The standard InChI is InChI=1S/2C10H8O8S2.2Cu/c2*11-8-3-6(19(13,14)15)1-5-2-7(20(16,17)18)4-9(12)10(5)8;;/h2*1-4,11-12H,(H,13,14,15)(H,16,17,18);;/q;;2*+2/p-4. The molecule has 0 amide bonds. The molecular weight excluding hydrogens is 752 g/mol. The van der Waals surface area contributed by atoms with E-state index in [0.29, 0.717) is 24.3 Å². The van der Waals surface area contributed by atoms with Gasteiger partial charge in [0.2, 0.25) is 0 Å². The number of hydrogen-bond donors (Lipinski definition) is 4. The van der Waals surface area contributed by atoms with Crippen LogP contribution >= 0.6 is 0 Å². The molecule has 4 N–H and O–H groups in total. The molecule has 0 aliphatic carbocycles. The van der Waals surface area contributed by atoms with Crippen LogP contribution in [0.5, 0.6) is 23.0 Å². The van der Waals surface area contributed by atoms with E-state index in [2.05, 4.69) is 0 Å². The molecule has 0 unspecified atom stereocenters. The van der Waals surface area contributed by atoms with Crippen LogP contribution in [0.25, 0.3) is 21.5 Å². The molecule has 0 aromatic heterocycles. The molecule has 4 rings (SSSR count). The third kappa shape index (κ3) is 8.22. The molecule has 0 aliphatic rings. The van der Waals surface area contributed by atoms with Crippen LogP contribution in [-0.2, 0) is 74.6 Å². The van der Waals surface area contributed by atoms with Gasteiger partial charge in [-0.3, -0.25) is 0 Å². The van der Waals surface area contributed by atoms with Gasteiger partial charge in [0.05, 0.1) is 30.4 Å². The molecule has 0 heterocycles. The van der Waals surface area contributed by atoms with Crippen molar-refractivity contribution < 1.29 is 106 Å². The summed E-state index contributed by atoms with van der Waals surface area (Å²) in [6, 6.07) is 5.51. The third-order valence-corrected chi connectivity index (χ3v) is 8.32. The second kappa shape index (κ2) is 12.5. The summed E-state index contributed by atoms with van der Waals surface area (Å²) >= 11 is 0. The molecule has 22 heteroatoms. The Labute approximate surface area is 258 Å². The minimum atomic E-state index is -4.90. The van der Waals surface area contributed by atoms with Gasteiger partial charge in [0.1, 0.15) is 63.5 Å². The van der Waals surface area contributed by atoms with Crippen molar-refractivity contribution >= 4 is 62.0 Å². The predicted octanol–water partition coefficient (Wildman–Crippen LogP) is 0.113. The zero-order valence-electron chi connectivity index (χ0n) is 19.5. The topological polar surface area (TPSA) is 310 Å². The summed E-state index contributed by atoms with van der Waals surface area (Å²) in [5, 5.41) is 37.3.